The van der Waals surface area contributed by atoms with Crippen LogP contribution in [-0.4, -0.2) is 25.5 Å². The Morgan fingerprint density at radius 3 is 2.71 bits per heavy atom. The number of sulfonamides is 1. The molecule has 1 aromatic rings. The summed E-state index contributed by atoms with van der Waals surface area (Å²) in [6.45, 7) is 3.25. The second-order valence-corrected chi connectivity index (χ2v) is 7.82. The van der Waals surface area contributed by atoms with Crippen LogP contribution in [0.5, 0.6) is 0 Å². The summed E-state index contributed by atoms with van der Waals surface area (Å²) in [5, 5.41) is 9.81. The zero-order chi connectivity index (χ0) is 15.8. The number of aliphatic carboxylic acids is 1. The number of carboxylic acid groups (broad SMARTS) is 1. The summed E-state index contributed by atoms with van der Waals surface area (Å²) < 4.78 is 27.5. The predicted octanol–water partition coefficient (Wildman–Crippen LogP) is 2.57. The molecule has 1 aliphatic carbocycles. The van der Waals surface area contributed by atoms with Crippen LogP contribution in [0.2, 0.25) is 5.02 Å². The summed E-state index contributed by atoms with van der Waals surface area (Å²) >= 11 is 5.83. The van der Waals surface area contributed by atoms with E-state index in [1.54, 1.807) is 19.9 Å². The number of rotatable bonds is 4. The third-order valence-electron chi connectivity index (χ3n) is 4.17. The van der Waals surface area contributed by atoms with Crippen LogP contribution >= 0.6 is 11.6 Å². The highest BCUT2D eigenvalue weighted by Gasteiger charge is 2.47. The maximum absolute atomic E-state index is 12.5. The van der Waals surface area contributed by atoms with Crippen LogP contribution in [0, 0.1) is 12.3 Å². The molecule has 1 aromatic carbocycles. The number of halogens is 1. The standard InChI is InChI=1S/C14H18ClNO4S/c1-9-8-10(15)5-6-11(9)21(19,20)16-12-4-3-7-14(12,2)13(17)18/h5-6,8,12,16H,3-4,7H2,1-2H3,(H,17,18). The van der Waals surface area contributed by atoms with E-state index in [1.165, 1.54) is 12.1 Å². The second-order valence-electron chi connectivity index (χ2n) is 5.70. The van der Waals surface area contributed by atoms with Crippen molar-refractivity contribution in [1.29, 1.82) is 0 Å². The maximum Gasteiger partial charge on any atom is 0.310 e. The second kappa shape index (κ2) is 5.59. The predicted molar refractivity (Wildman–Crippen MR) is 79.9 cm³/mol. The Morgan fingerprint density at radius 2 is 2.14 bits per heavy atom. The number of nitrogens with one attached hydrogen (secondary N) is 1. The molecule has 0 saturated heterocycles. The van der Waals surface area contributed by atoms with Crippen LogP contribution in [0.3, 0.4) is 0 Å². The number of carbonyl (C=O) groups is 1. The lowest BCUT2D eigenvalue weighted by molar-refractivity contribution is -0.148. The SMILES string of the molecule is Cc1cc(Cl)ccc1S(=O)(=O)NC1CCCC1(C)C(=O)O. The molecule has 0 radical (unpaired) electrons. The van der Waals surface area contributed by atoms with E-state index < -0.39 is 27.4 Å². The zero-order valence-corrected chi connectivity index (χ0v) is 13.5. The lowest BCUT2D eigenvalue weighted by atomic mass is 9.85. The summed E-state index contributed by atoms with van der Waals surface area (Å²) in [4.78, 5) is 11.5. The first-order valence-corrected chi connectivity index (χ1v) is 8.55. The summed E-state index contributed by atoms with van der Waals surface area (Å²) in [7, 11) is -3.77. The van der Waals surface area contributed by atoms with Crippen molar-refractivity contribution in [3.63, 3.8) is 0 Å². The molecule has 0 spiro atoms. The number of hydrogen-bond donors (Lipinski definition) is 2. The molecule has 21 heavy (non-hydrogen) atoms. The van der Waals surface area contributed by atoms with Crippen molar-refractivity contribution < 1.29 is 18.3 Å². The van der Waals surface area contributed by atoms with E-state index >= 15 is 0 Å². The Hall–Kier alpha value is -1.11. The maximum atomic E-state index is 12.5. The van der Waals surface area contributed by atoms with Crippen LogP contribution < -0.4 is 4.72 Å². The van der Waals surface area contributed by atoms with E-state index in [2.05, 4.69) is 4.72 Å². The van der Waals surface area contributed by atoms with Gasteiger partial charge in [0.2, 0.25) is 10.0 Å². The normalized spacial score (nSPS) is 26.0. The van der Waals surface area contributed by atoms with Gasteiger partial charge in [-0.2, -0.15) is 0 Å². The van der Waals surface area contributed by atoms with Gasteiger partial charge in [0.15, 0.2) is 0 Å². The van der Waals surface area contributed by atoms with Gasteiger partial charge in [0.1, 0.15) is 0 Å². The van der Waals surface area contributed by atoms with Gasteiger partial charge in [-0.15, -0.1) is 0 Å². The molecule has 2 unspecified atom stereocenters. The number of hydrogen-bond acceptors (Lipinski definition) is 3. The molecule has 2 N–H and O–H groups in total. The van der Waals surface area contributed by atoms with Gasteiger partial charge in [-0.3, -0.25) is 4.79 Å². The fourth-order valence-corrected chi connectivity index (χ4v) is 4.61. The van der Waals surface area contributed by atoms with Crippen molar-refractivity contribution in [1.82, 2.24) is 4.72 Å². The molecule has 1 saturated carbocycles. The molecular formula is C14H18ClNO4S. The molecule has 0 aromatic heterocycles. The molecule has 1 aliphatic rings. The van der Waals surface area contributed by atoms with E-state index in [-0.39, 0.29) is 4.90 Å². The van der Waals surface area contributed by atoms with E-state index in [1.807, 2.05) is 0 Å². The van der Waals surface area contributed by atoms with Crippen molar-refractivity contribution >= 4 is 27.6 Å². The van der Waals surface area contributed by atoms with Crippen LogP contribution in [-0.2, 0) is 14.8 Å². The first kappa shape index (κ1) is 16.3. The van der Waals surface area contributed by atoms with Crippen molar-refractivity contribution in [3.8, 4) is 0 Å². The Morgan fingerprint density at radius 1 is 1.48 bits per heavy atom. The Bertz CT molecular complexity index is 674. The Balaban J connectivity index is 2.31. The van der Waals surface area contributed by atoms with Crippen molar-refractivity contribution in [2.24, 2.45) is 5.41 Å². The number of aryl methyl sites for hydroxylation is 1. The average molecular weight is 332 g/mol. The van der Waals surface area contributed by atoms with Crippen LogP contribution in [0.1, 0.15) is 31.7 Å². The van der Waals surface area contributed by atoms with E-state index in [9.17, 15) is 18.3 Å². The van der Waals surface area contributed by atoms with Crippen LogP contribution in [0.15, 0.2) is 23.1 Å². The van der Waals surface area contributed by atoms with Crippen molar-refractivity contribution in [2.45, 2.75) is 44.0 Å². The molecular weight excluding hydrogens is 314 g/mol. The van der Waals surface area contributed by atoms with Gasteiger partial charge in [0, 0.05) is 11.1 Å². The summed E-state index contributed by atoms with van der Waals surface area (Å²) in [6.07, 6.45) is 1.68. The molecule has 0 bridgehead atoms. The smallest absolute Gasteiger partial charge is 0.310 e. The van der Waals surface area contributed by atoms with Gasteiger partial charge >= 0.3 is 5.97 Å². The molecule has 116 valence electrons. The molecule has 1 fully saturated rings. The molecule has 0 aliphatic heterocycles. The molecule has 0 amide bonds. The fourth-order valence-electron chi connectivity index (χ4n) is 2.78. The van der Waals surface area contributed by atoms with Crippen molar-refractivity contribution in [2.75, 3.05) is 0 Å². The van der Waals surface area contributed by atoms with Crippen molar-refractivity contribution in [3.05, 3.63) is 28.8 Å². The van der Waals surface area contributed by atoms with E-state index in [0.717, 1.165) is 0 Å². The highest BCUT2D eigenvalue weighted by atomic mass is 35.5. The summed E-state index contributed by atoms with van der Waals surface area (Å²) in [5.74, 6) is -0.972. The third kappa shape index (κ3) is 3.07. The quantitative estimate of drug-likeness (QED) is 0.888. The minimum atomic E-state index is -3.77. The highest BCUT2D eigenvalue weighted by Crippen LogP contribution is 2.39. The monoisotopic (exact) mass is 331 g/mol. The van der Waals surface area contributed by atoms with Gasteiger partial charge < -0.3 is 5.11 Å². The van der Waals surface area contributed by atoms with Gasteiger partial charge in [0.05, 0.1) is 10.3 Å². The number of benzene rings is 1. The lowest BCUT2D eigenvalue weighted by Crippen LogP contribution is -2.47. The Labute approximate surface area is 129 Å². The average Bonchev–Trinajstić information content (AvgIpc) is 2.71. The molecule has 5 nitrogen and oxygen atoms in total. The summed E-state index contributed by atoms with van der Waals surface area (Å²) in [5.41, 5.74) is -0.530. The molecule has 0 heterocycles. The topological polar surface area (TPSA) is 83.5 Å². The molecule has 2 atom stereocenters. The largest absolute Gasteiger partial charge is 0.481 e. The van der Waals surface area contributed by atoms with Gasteiger partial charge in [0.25, 0.3) is 0 Å². The first-order chi connectivity index (χ1) is 9.67. The summed E-state index contributed by atoms with van der Waals surface area (Å²) in [6, 6.07) is 3.91. The molecule has 2 rings (SSSR count). The van der Waals surface area contributed by atoms with E-state index in [0.29, 0.717) is 29.8 Å². The minimum Gasteiger partial charge on any atom is -0.481 e. The van der Waals surface area contributed by atoms with Crippen LogP contribution in [0.4, 0.5) is 0 Å². The molecule has 7 heteroatoms. The van der Waals surface area contributed by atoms with Crippen LogP contribution in [0.25, 0.3) is 0 Å². The zero-order valence-electron chi connectivity index (χ0n) is 11.9. The lowest BCUT2D eigenvalue weighted by Gasteiger charge is -2.27. The van der Waals surface area contributed by atoms with Gasteiger partial charge in [-0.1, -0.05) is 18.0 Å². The van der Waals surface area contributed by atoms with Gasteiger partial charge in [-0.25, -0.2) is 13.1 Å². The first-order valence-electron chi connectivity index (χ1n) is 6.69. The Kier molecular flexibility index (Phi) is 4.33. The fraction of sp³-hybridized carbons (Fsp3) is 0.500. The van der Waals surface area contributed by atoms with Gasteiger partial charge in [-0.05, 0) is 50.5 Å². The number of carboxylic acids is 1. The minimum absolute atomic E-state index is 0.131. The third-order valence-corrected chi connectivity index (χ3v) is 6.04. The highest BCUT2D eigenvalue weighted by molar-refractivity contribution is 7.89. The van der Waals surface area contributed by atoms with E-state index in [4.69, 9.17) is 11.6 Å².